The van der Waals surface area contributed by atoms with Crippen LogP contribution in [0.5, 0.6) is 11.5 Å². The van der Waals surface area contributed by atoms with Gasteiger partial charge in [-0.3, -0.25) is 4.99 Å². The fraction of sp³-hybridized carbons (Fsp3) is 0.182. The maximum atomic E-state index is 7.71. The molecule has 0 amide bonds. The van der Waals surface area contributed by atoms with Gasteiger partial charge in [-0.2, -0.15) is 0 Å². The summed E-state index contributed by atoms with van der Waals surface area (Å²) in [5.41, 5.74) is 4.62. The van der Waals surface area contributed by atoms with E-state index in [1.165, 1.54) is 0 Å². The first kappa shape index (κ1) is 17.5. The summed E-state index contributed by atoms with van der Waals surface area (Å²) in [7, 11) is 3.25. The molecule has 0 fully saturated rings. The fourth-order valence-corrected chi connectivity index (χ4v) is 2.95. The molecule has 0 atom stereocenters. The molecule has 0 unspecified atom stereocenters. The molecule has 1 heterocycles. The van der Waals surface area contributed by atoms with Gasteiger partial charge in [0.2, 0.25) is 0 Å². The molecule has 0 saturated heterocycles. The van der Waals surface area contributed by atoms with Gasteiger partial charge in [0, 0.05) is 12.1 Å². The molecule has 0 aromatic heterocycles. The minimum atomic E-state index is 0.644. The van der Waals surface area contributed by atoms with Crippen LogP contribution in [-0.2, 0) is 6.42 Å². The Hall–Kier alpha value is -3.32. The zero-order valence-corrected chi connectivity index (χ0v) is 15.0. The topological polar surface area (TPSA) is 54.6 Å². The van der Waals surface area contributed by atoms with Crippen LogP contribution in [0.4, 0.5) is 0 Å². The fourth-order valence-electron chi connectivity index (χ4n) is 2.95. The number of hydrogen-bond acceptors (Lipinski definition) is 3. The molecule has 4 heteroatoms. The van der Waals surface area contributed by atoms with E-state index in [0.29, 0.717) is 23.6 Å². The van der Waals surface area contributed by atoms with Crippen molar-refractivity contribution < 1.29 is 14.7 Å². The zero-order chi connectivity index (χ0) is 18.4. The first-order valence-corrected chi connectivity index (χ1v) is 8.43. The second-order valence-electron chi connectivity index (χ2n) is 5.82. The number of ether oxygens (including phenoxy) is 2. The monoisotopic (exact) mass is 345 g/mol. The van der Waals surface area contributed by atoms with E-state index >= 15 is 0 Å². The van der Waals surface area contributed by atoms with Crippen LogP contribution >= 0.6 is 0 Å². The Kier molecular flexibility index (Phi) is 5.50. The molecule has 4 nitrogen and oxygen atoms in total. The molecule has 2 aromatic carbocycles. The highest BCUT2D eigenvalue weighted by atomic mass is 16.5. The van der Waals surface area contributed by atoms with Gasteiger partial charge < -0.3 is 9.47 Å². The molecule has 26 heavy (non-hydrogen) atoms. The maximum absolute atomic E-state index is 7.71. The SMILES string of the molecule is COc1cc2c(cc1OC)C(/C(C#[NH+])=C\C=C\c1ccccc1)=NCC2. The average molecular weight is 345 g/mol. The van der Waals surface area contributed by atoms with E-state index in [0.717, 1.165) is 28.8 Å². The lowest BCUT2D eigenvalue weighted by Crippen LogP contribution is -2.22. The van der Waals surface area contributed by atoms with E-state index in [4.69, 9.17) is 14.7 Å². The molecule has 1 aliphatic rings. The van der Waals surface area contributed by atoms with Crippen LogP contribution in [0.2, 0.25) is 0 Å². The maximum Gasteiger partial charge on any atom is 0.310 e. The van der Waals surface area contributed by atoms with Crippen LogP contribution < -0.4 is 14.7 Å². The molecule has 1 N–H and O–H groups in total. The summed E-state index contributed by atoms with van der Waals surface area (Å²) in [6.45, 7) is 0.680. The lowest BCUT2D eigenvalue weighted by Gasteiger charge is -2.18. The Bertz CT molecular complexity index is 919. The molecule has 0 radical (unpaired) electrons. The number of nitrogens with zero attached hydrogens (tertiary/aromatic N) is 1. The summed E-state index contributed by atoms with van der Waals surface area (Å²) in [5, 5.41) is 7.71. The van der Waals surface area contributed by atoms with Crippen LogP contribution in [-0.4, -0.2) is 26.5 Å². The minimum Gasteiger partial charge on any atom is -0.493 e. The Labute approximate surface area is 153 Å². The van der Waals surface area contributed by atoms with Crippen molar-refractivity contribution in [2.45, 2.75) is 6.42 Å². The number of aliphatic imine (C=N–C) groups is 1. The van der Waals surface area contributed by atoms with Crippen molar-refractivity contribution in [3.05, 3.63) is 76.9 Å². The molecule has 130 valence electrons. The lowest BCUT2D eigenvalue weighted by molar-refractivity contribution is -0.0908. The number of benzene rings is 2. The van der Waals surface area contributed by atoms with Gasteiger partial charge in [-0.25, -0.2) is 0 Å². The van der Waals surface area contributed by atoms with Gasteiger partial charge in [-0.1, -0.05) is 47.7 Å². The second-order valence-corrected chi connectivity index (χ2v) is 5.82. The second kappa shape index (κ2) is 8.17. The van der Waals surface area contributed by atoms with Gasteiger partial charge in [0.1, 0.15) is 5.57 Å². The summed E-state index contributed by atoms with van der Waals surface area (Å²) in [6, 6.07) is 16.5. The molecular formula is C22H21N2O2+. The number of rotatable bonds is 5. The molecule has 0 spiro atoms. The van der Waals surface area contributed by atoms with E-state index in [2.05, 4.69) is 11.1 Å². The zero-order valence-electron chi connectivity index (χ0n) is 15.0. The normalized spacial score (nSPS) is 13.7. The lowest BCUT2D eigenvalue weighted by atomic mass is 9.92. The van der Waals surface area contributed by atoms with Crippen molar-refractivity contribution in [1.29, 1.82) is 0 Å². The molecule has 3 rings (SSSR count). The first-order chi connectivity index (χ1) is 12.8. The number of hydrogen-bond donors (Lipinski definition) is 1. The van der Waals surface area contributed by atoms with E-state index < -0.39 is 0 Å². The molecule has 1 aliphatic heterocycles. The van der Waals surface area contributed by atoms with Gasteiger partial charge >= 0.3 is 6.07 Å². The van der Waals surface area contributed by atoms with Crippen LogP contribution in [0, 0.1) is 6.07 Å². The molecule has 0 bridgehead atoms. The first-order valence-electron chi connectivity index (χ1n) is 8.43. The summed E-state index contributed by atoms with van der Waals surface area (Å²) in [5.74, 6) is 1.37. The van der Waals surface area contributed by atoms with Gasteiger partial charge in [-0.15, -0.1) is 0 Å². The summed E-state index contributed by atoms with van der Waals surface area (Å²) in [6.07, 6.45) is 6.62. The Balaban J connectivity index is 1.96. The standard InChI is InChI=1S/C22H20N2O2/c1-25-20-13-17-11-12-24-22(19(17)14-21(20)26-2)18(15-23)10-6-9-16-7-4-3-5-8-16/h3-10,13-14H,11-12H2,1-2H3/p+1/b9-6+,18-10-. The average Bonchev–Trinajstić information content (AvgIpc) is 2.70. The quantitative estimate of drug-likeness (QED) is 0.668. The summed E-state index contributed by atoms with van der Waals surface area (Å²) >= 11 is 0. The van der Waals surface area contributed by atoms with E-state index in [-0.39, 0.29) is 0 Å². The molecule has 0 aliphatic carbocycles. The highest BCUT2D eigenvalue weighted by Gasteiger charge is 2.22. The third-order valence-corrected chi connectivity index (χ3v) is 4.26. The Morgan fingerprint density at radius 2 is 1.85 bits per heavy atom. The van der Waals surface area contributed by atoms with E-state index in [1.54, 1.807) is 14.2 Å². The Morgan fingerprint density at radius 3 is 2.54 bits per heavy atom. The third-order valence-electron chi connectivity index (χ3n) is 4.26. The number of fused-ring (bicyclic) bond motifs is 1. The van der Waals surface area contributed by atoms with E-state index in [9.17, 15) is 0 Å². The highest BCUT2D eigenvalue weighted by molar-refractivity contribution is 6.16. The largest absolute Gasteiger partial charge is 0.493 e. The summed E-state index contributed by atoms with van der Waals surface area (Å²) < 4.78 is 10.8. The predicted octanol–water partition coefficient (Wildman–Crippen LogP) is 2.46. The van der Waals surface area contributed by atoms with E-state index in [1.807, 2.05) is 60.7 Å². The van der Waals surface area contributed by atoms with Crippen LogP contribution in [0.3, 0.4) is 0 Å². The van der Waals surface area contributed by atoms with Crippen LogP contribution in [0.1, 0.15) is 16.7 Å². The highest BCUT2D eigenvalue weighted by Crippen LogP contribution is 2.33. The van der Waals surface area contributed by atoms with Crippen molar-refractivity contribution in [3.8, 4) is 17.6 Å². The van der Waals surface area contributed by atoms with Crippen LogP contribution in [0.15, 0.2) is 65.2 Å². The van der Waals surface area contributed by atoms with Crippen molar-refractivity contribution in [2.75, 3.05) is 20.8 Å². The molecule has 0 saturated carbocycles. The van der Waals surface area contributed by atoms with Crippen LogP contribution in [0.25, 0.3) is 6.08 Å². The van der Waals surface area contributed by atoms with Gasteiger partial charge in [0.15, 0.2) is 11.5 Å². The van der Waals surface area contributed by atoms with Crippen molar-refractivity contribution in [1.82, 2.24) is 0 Å². The molecule has 2 aromatic rings. The van der Waals surface area contributed by atoms with Crippen molar-refractivity contribution >= 4 is 11.8 Å². The molecular weight excluding hydrogens is 324 g/mol. The predicted molar refractivity (Wildman–Crippen MR) is 103 cm³/mol. The number of allylic oxidation sites excluding steroid dienone is 3. The third kappa shape index (κ3) is 3.68. The summed E-state index contributed by atoms with van der Waals surface area (Å²) in [4.78, 5) is 4.63. The van der Waals surface area contributed by atoms with Gasteiger partial charge in [0.05, 0.1) is 19.9 Å². The van der Waals surface area contributed by atoms with Crippen molar-refractivity contribution in [2.24, 2.45) is 4.99 Å². The van der Waals surface area contributed by atoms with Gasteiger partial charge in [0.25, 0.3) is 0 Å². The smallest absolute Gasteiger partial charge is 0.310 e. The number of methoxy groups -OCH3 is 2. The van der Waals surface area contributed by atoms with Crippen molar-refractivity contribution in [3.63, 3.8) is 0 Å². The van der Waals surface area contributed by atoms with Gasteiger partial charge in [-0.05, 0) is 35.8 Å². The number of nitrogens with one attached hydrogen (secondary N) is 1. The Morgan fingerprint density at radius 1 is 1.12 bits per heavy atom. The minimum absolute atomic E-state index is 0.644.